The van der Waals surface area contributed by atoms with E-state index in [0.717, 1.165) is 0 Å². The molecule has 2 rings (SSSR count). The summed E-state index contributed by atoms with van der Waals surface area (Å²) < 4.78 is 84.9. The normalized spacial score (nSPS) is 11.4. The van der Waals surface area contributed by atoms with Crippen LogP contribution in [0, 0.1) is 23.3 Å². The van der Waals surface area contributed by atoms with Crippen molar-refractivity contribution in [1.82, 2.24) is 0 Å². The van der Waals surface area contributed by atoms with Crippen LogP contribution in [0.3, 0.4) is 0 Å². The van der Waals surface area contributed by atoms with Crippen molar-refractivity contribution in [3.63, 3.8) is 0 Å². The lowest BCUT2D eigenvalue weighted by atomic mass is 10.3. The molecule has 0 aromatic heterocycles. The molecule has 0 saturated heterocycles. The van der Waals surface area contributed by atoms with Crippen molar-refractivity contribution in [3.8, 4) is 5.75 Å². The zero-order chi connectivity index (χ0) is 17.4. The molecule has 0 spiro atoms. The van der Waals surface area contributed by atoms with Crippen LogP contribution in [0.15, 0.2) is 29.2 Å². The fraction of sp³-hybridized carbons (Fsp3) is 0.0769. The molecule has 0 aliphatic heterocycles. The number of sulfonamides is 1. The third-order valence-electron chi connectivity index (χ3n) is 2.78. The van der Waals surface area contributed by atoms with Gasteiger partial charge in [0.1, 0.15) is 10.8 Å². The Morgan fingerprint density at radius 2 is 1.43 bits per heavy atom. The highest BCUT2D eigenvalue weighted by atomic mass is 35.5. The molecule has 1 N–H and O–H groups in total. The first-order valence-electron chi connectivity index (χ1n) is 5.87. The second-order valence-electron chi connectivity index (χ2n) is 4.23. The molecule has 124 valence electrons. The highest BCUT2D eigenvalue weighted by Crippen LogP contribution is 2.31. The number of methoxy groups -OCH3 is 1. The van der Waals surface area contributed by atoms with Crippen molar-refractivity contribution in [2.45, 2.75) is 4.90 Å². The quantitative estimate of drug-likeness (QED) is 0.508. The zero-order valence-electron chi connectivity index (χ0n) is 11.3. The van der Waals surface area contributed by atoms with E-state index >= 15 is 0 Å². The van der Waals surface area contributed by atoms with E-state index in [4.69, 9.17) is 16.3 Å². The number of ether oxygens (including phenoxy) is 1. The molecule has 0 atom stereocenters. The van der Waals surface area contributed by atoms with E-state index in [2.05, 4.69) is 0 Å². The largest absolute Gasteiger partial charge is 0.497 e. The lowest BCUT2D eigenvalue weighted by Gasteiger charge is -2.12. The van der Waals surface area contributed by atoms with E-state index in [1.807, 2.05) is 0 Å². The van der Waals surface area contributed by atoms with Crippen molar-refractivity contribution in [2.24, 2.45) is 0 Å². The molecule has 0 aliphatic rings. The SMILES string of the molecule is COc1ccc(NS(=O)(=O)c2c(F)c(F)c(Cl)c(F)c2F)cc1. The Morgan fingerprint density at radius 1 is 0.957 bits per heavy atom. The molecule has 0 fully saturated rings. The molecule has 0 aliphatic carbocycles. The van der Waals surface area contributed by atoms with Gasteiger partial charge in [-0.05, 0) is 24.3 Å². The topological polar surface area (TPSA) is 55.4 Å². The van der Waals surface area contributed by atoms with Crippen LogP contribution >= 0.6 is 11.6 Å². The van der Waals surface area contributed by atoms with Crippen LogP contribution in [0.25, 0.3) is 0 Å². The lowest BCUT2D eigenvalue weighted by molar-refractivity contribution is 0.415. The maximum atomic E-state index is 13.7. The van der Waals surface area contributed by atoms with Crippen molar-refractivity contribution < 1.29 is 30.7 Å². The average molecular weight is 370 g/mol. The molecule has 0 bridgehead atoms. The predicted molar refractivity (Wildman–Crippen MR) is 75.1 cm³/mol. The monoisotopic (exact) mass is 369 g/mol. The second-order valence-corrected chi connectivity index (χ2v) is 6.23. The first-order chi connectivity index (χ1) is 10.7. The molecule has 0 unspecified atom stereocenters. The first-order valence-corrected chi connectivity index (χ1v) is 7.73. The standard InChI is InChI=1S/C13H8ClF4NO3S/c1-22-7-4-2-6(3-5-7)19-23(20,21)13-11(17)9(15)8(14)10(16)12(13)18/h2-5,19H,1H3. The van der Waals surface area contributed by atoms with Gasteiger partial charge in [-0.1, -0.05) is 11.6 Å². The summed E-state index contributed by atoms with van der Waals surface area (Å²) in [4.78, 5) is -1.80. The van der Waals surface area contributed by atoms with Gasteiger partial charge in [0.2, 0.25) is 0 Å². The molecular weight excluding hydrogens is 362 g/mol. The predicted octanol–water partition coefficient (Wildman–Crippen LogP) is 3.71. The van der Waals surface area contributed by atoms with Crippen molar-refractivity contribution >= 4 is 27.3 Å². The Labute approximate surface area is 133 Å². The molecule has 0 saturated carbocycles. The zero-order valence-corrected chi connectivity index (χ0v) is 12.9. The van der Waals surface area contributed by atoms with Crippen molar-refractivity contribution in [3.05, 3.63) is 52.6 Å². The van der Waals surface area contributed by atoms with Crippen LogP contribution in [-0.4, -0.2) is 15.5 Å². The summed E-state index contributed by atoms with van der Waals surface area (Å²) in [6.45, 7) is 0. The van der Waals surface area contributed by atoms with E-state index in [9.17, 15) is 26.0 Å². The van der Waals surface area contributed by atoms with Gasteiger partial charge in [0, 0.05) is 5.69 Å². The van der Waals surface area contributed by atoms with Crippen LogP contribution in [0.4, 0.5) is 23.2 Å². The summed E-state index contributed by atoms with van der Waals surface area (Å²) in [6, 6.07) is 5.20. The number of rotatable bonds is 4. The molecule has 0 heterocycles. The van der Waals surface area contributed by atoms with Crippen molar-refractivity contribution in [2.75, 3.05) is 11.8 Å². The highest BCUT2D eigenvalue weighted by molar-refractivity contribution is 7.92. The minimum absolute atomic E-state index is 0.0969. The first kappa shape index (κ1) is 17.4. The van der Waals surface area contributed by atoms with E-state index in [1.165, 1.54) is 31.4 Å². The van der Waals surface area contributed by atoms with Gasteiger partial charge >= 0.3 is 0 Å². The van der Waals surface area contributed by atoms with Gasteiger partial charge < -0.3 is 4.74 Å². The minimum Gasteiger partial charge on any atom is -0.497 e. The number of hydrogen-bond donors (Lipinski definition) is 1. The lowest BCUT2D eigenvalue weighted by Crippen LogP contribution is -2.18. The summed E-state index contributed by atoms with van der Waals surface area (Å²) in [6.07, 6.45) is 0. The van der Waals surface area contributed by atoms with Gasteiger partial charge in [-0.25, -0.2) is 26.0 Å². The number of nitrogens with one attached hydrogen (secondary N) is 1. The number of benzene rings is 2. The maximum Gasteiger partial charge on any atom is 0.267 e. The van der Waals surface area contributed by atoms with Gasteiger partial charge in [-0.2, -0.15) is 0 Å². The van der Waals surface area contributed by atoms with Crippen LogP contribution in [0.1, 0.15) is 0 Å². The van der Waals surface area contributed by atoms with E-state index in [-0.39, 0.29) is 5.69 Å². The summed E-state index contributed by atoms with van der Waals surface area (Å²) in [5.74, 6) is -7.83. The Kier molecular flexibility index (Phi) is 4.71. The van der Waals surface area contributed by atoms with Gasteiger partial charge in [0.25, 0.3) is 10.0 Å². The molecular formula is C13H8ClF4NO3S. The number of hydrogen-bond acceptors (Lipinski definition) is 3. The molecule has 2 aromatic carbocycles. The molecule has 10 heteroatoms. The molecule has 2 aromatic rings. The average Bonchev–Trinajstić information content (AvgIpc) is 2.51. The van der Waals surface area contributed by atoms with Gasteiger partial charge in [-0.15, -0.1) is 0 Å². The van der Waals surface area contributed by atoms with Crippen LogP contribution < -0.4 is 9.46 Å². The van der Waals surface area contributed by atoms with Gasteiger partial charge in [0.15, 0.2) is 28.2 Å². The Bertz CT molecular complexity index is 828. The number of anilines is 1. The molecule has 0 amide bonds. The smallest absolute Gasteiger partial charge is 0.267 e. The van der Waals surface area contributed by atoms with E-state index in [0.29, 0.717) is 5.75 Å². The van der Waals surface area contributed by atoms with Gasteiger partial charge in [0.05, 0.1) is 7.11 Å². The Hall–Kier alpha value is -2.00. The third-order valence-corrected chi connectivity index (χ3v) is 4.51. The molecule has 23 heavy (non-hydrogen) atoms. The maximum absolute atomic E-state index is 13.7. The molecule has 4 nitrogen and oxygen atoms in total. The van der Waals surface area contributed by atoms with E-state index < -0.39 is 43.2 Å². The van der Waals surface area contributed by atoms with E-state index in [1.54, 1.807) is 4.72 Å². The van der Waals surface area contributed by atoms with Crippen LogP contribution in [0.2, 0.25) is 5.02 Å². The summed E-state index contributed by atoms with van der Waals surface area (Å²) in [5, 5.41) is -1.47. The van der Waals surface area contributed by atoms with Crippen LogP contribution in [0.5, 0.6) is 5.75 Å². The summed E-state index contributed by atoms with van der Waals surface area (Å²) in [5.41, 5.74) is -0.0969. The Morgan fingerprint density at radius 3 is 1.87 bits per heavy atom. The van der Waals surface area contributed by atoms with Crippen molar-refractivity contribution in [1.29, 1.82) is 0 Å². The fourth-order valence-corrected chi connectivity index (χ4v) is 3.05. The van der Waals surface area contributed by atoms with Crippen LogP contribution in [-0.2, 0) is 10.0 Å². The summed E-state index contributed by atoms with van der Waals surface area (Å²) in [7, 11) is -3.56. The third kappa shape index (κ3) is 3.20. The minimum atomic E-state index is -4.94. The van der Waals surface area contributed by atoms with Gasteiger partial charge in [-0.3, -0.25) is 4.72 Å². The Balaban J connectivity index is 2.51. The highest BCUT2D eigenvalue weighted by Gasteiger charge is 2.32. The second kappa shape index (κ2) is 6.25. The summed E-state index contributed by atoms with van der Waals surface area (Å²) >= 11 is 5.04. The number of halogens is 5. The fourth-order valence-electron chi connectivity index (χ4n) is 1.69. The molecule has 0 radical (unpaired) electrons.